The quantitative estimate of drug-likeness (QED) is 0.748. The Morgan fingerprint density at radius 1 is 1.43 bits per heavy atom. The molecule has 0 spiro atoms. The third-order valence-corrected chi connectivity index (χ3v) is 1.66. The van der Waals surface area contributed by atoms with Crippen molar-refractivity contribution in [2.45, 2.75) is 6.54 Å². The van der Waals surface area contributed by atoms with Gasteiger partial charge in [0, 0.05) is 5.56 Å². The predicted octanol–water partition coefficient (Wildman–Crippen LogP) is 1.49. The molecule has 0 fully saturated rings. The molecular weight excluding hydrogens is 190 g/mol. The molecule has 0 aromatic heterocycles. The lowest BCUT2D eigenvalue weighted by atomic mass is 10.1. The average molecular weight is 198 g/mol. The molecule has 1 aromatic rings. The van der Waals surface area contributed by atoms with Crippen molar-refractivity contribution in [3.8, 4) is 6.07 Å². The number of halogens is 2. The molecule has 0 aliphatic carbocycles. The summed E-state index contributed by atoms with van der Waals surface area (Å²) < 4.78 is 26.3. The van der Waals surface area contributed by atoms with Crippen LogP contribution in [-0.2, 0) is 11.4 Å². The fraction of sp³-hybridized carbons (Fsp3) is 0.222. The fourth-order valence-electron chi connectivity index (χ4n) is 0.981. The molecule has 1 rings (SSSR count). The van der Waals surface area contributed by atoms with Crippen LogP contribution in [0.2, 0.25) is 0 Å². The van der Waals surface area contributed by atoms with Crippen LogP contribution in [-0.4, -0.2) is 7.11 Å². The van der Waals surface area contributed by atoms with Gasteiger partial charge in [-0.3, -0.25) is 0 Å². The zero-order valence-corrected chi connectivity index (χ0v) is 7.47. The highest BCUT2D eigenvalue weighted by molar-refractivity contribution is 5.34. The maximum Gasteiger partial charge on any atom is 0.132 e. The molecule has 0 aliphatic rings. The van der Waals surface area contributed by atoms with Crippen LogP contribution < -0.4 is 5.48 Å². The van der Waals surface area contributed by atoms with Crippen LogP contribution in [0.15, 0.2) is 12.1 Å². The van der Waals surface area contributed by atoms with E-state index in [2.05, 4.69) is 10.3 Å². The Balaban J connectivity index is 3.01. The van der Waals surface area contributed by atoms with Gasteiger partial charge in [0.2, 0.25) is 0 Å². The molecule has 3 nitrogen and oxygen atoms in total. The van der Waals surface area contributed by atoms with Crippen LogP contribution in [0.4, 0.5) is 8.78 Å². The lowest BCUT2D eigenvalue weighted by Gasteiger charge is -2.05. The Morgan fingerprint density at radius 3 is 2.43 bits per heavy atom. The molecule has 0 amide bonds. The first kappa shape index (κ1) is 10.6. The molecule has 0 unspecified atom stereocenters. The topological polar surface area (TPSA) is 45.0 Å². The van der Waals surface area contributed by atoms with Crippen molar-refractivity contribution < 1.29 is 13.6 Å². The highest BCUT2D eigenvalue weighted by Crippen LogP contribution is 2.14. The highest BCUT2D eigenvalue weighted by atomic mass is 19.1. The van der Waals surface area contributed by atoms with Crippen LogP contribution in [0.3, 0.4) is 0 Å². The van der Waals surface area contributed by atoms with Gasteiger partial charge in [0.05, 0.1) is 25.3 Å². The van der Waals surface area contributed by atoms with E-state index in [1.54, 1.807) is 6.07 Å². The second-order valence-electron chi connectivity index (χ2n) is 2.56. The van der Waals surface area contributed by atoms with Gasteiger partial charge in [0.15, 0.2) is 0 Å². The number of nitrogens with one attached hydrogen (secondary N) is 1. The summed E-state index contributed by atoms with van der Waals surface area (Å²) in [5, 5.41) is 8.43. The van der Waals surface area contributed by atoms with E-state index in [0.29, 0.717) is 0 Å². The first-order valence-corrected chi connectivity index (χ1v) is 3.83. The summed E-state index contributed by atoms with van der Waals surface area (Å²) >= 11 is 0. The van der Waals surface area contributed by atoms with Gasteiger partial charge < -0.3 is 4.84 Å². The summed E-state index contributed by atoms with van der Waals surface area (Å²) in [7, 11) is 1.35. The normalized spacial score (nSPS) is 9.86. The largest absolute Gasteiger partial charge is 0.305 e. The van der Waals surface area contributed by atoms with Gasteiger partial charge in [0.25, 0.3) is 0 Å². The van der Waals surface area contributed by atoms with E-state index < -0.39 is 11.6 Å². The molecule has 5 heteroatoms. The minimum atomic E-state index is -0.758. The van der Waals surface area contributed by atoms with E-state index in [1.807, 2.05) is 0 Å². The van der Waals surface area contributed by atoms with Crippen LogP contribution in [0.5, 0.6) is 0 Å². The lowest BCUT2D eigenvalue weighted by molar-refractivity contribution is 0.0850. The molecule has 0 bridgehead atoms. The molecule has 0 radical (unpaired) electrons. The zero-order chi connectivity index (χ0) is 10.6. The number of hydrogen-bond acceptors (Lipinski definition) is 3. The number of rotatable bonds is 3. The molecule has 1 N–H and O–H groups in total. The van der Waals surface area contributed by atoms with Gasteiger partial charge in [-0.2, -0.15) is 10.7 Å². The Hall–Kier alpha value is -1.51. The summed E-state index contributed by atoms with van der Waals surface area (Å²) in [5.41, 5.74) is 2.13. The zero-order valence-electron chi connectivity index (χ0n) is 7.47. The molecule has 0 saturated heterocycles. The van der Waals surface area contributed by atoms with Crippen LogP contribution in [0.1, 0.15) is 11.1 Å². The number of benzene rings is 1. The minimum absolute atomic E-state index is 0.0406. The Labute approximate surface area is 79.9 Å². The predicted molar refractivity (Wildman–Crippen MR) is 44.9 cm³/mol. The second-order valence-corrected chi connectivity index (χ2v) is 2.56. The van der Waals surface area contributed by atoms with E-state index in [0.717, 1.165) is 12.1 Å². The summed E-state index contributed by atoms with van der Waals surface area (Å²) in [6.45, 7) is -0.0835. The van der Waals surface area contributed by atoms with Crippen molar-refractivity contribution in [1.82, 2.24) is 5.48 Å². The lowest BCUT2D eigenvalue weighted by Crippen LogP contribution is -2.13. The van der Waals surface area contributed by atoms with Crippen LogP contribution >= 0.6 is 0 Å². The third kappa shape index (κ3) is 2.25. The van der Waals surface area contributed by atoms with E-state index in [1.165, 1.54) is 7.11 Å². The minimum Gasteiger partial charge on any atom is -0.305 e. The van der Waals surface area contributed by atoms with Gasteiger partial charge >= 0.3 is 0 Å². The summed E-state index contributed by atoms with van der Waals surface area (Å²) in [6.07, 6.45) is 0. The smallest absolute Gasteiger partial charge is 0.132 e. The molecule has 0 saturated carbocycles. The molecule has 14 heavy (non-hydrogen) atoms. The molecule has 0 aliphatic heterocycles. The number of nitrogens with zero attached hydrogens (tertiary/aromatic N) is 1. The summed E-state index contributed by atoms with van der Waals surface area (Å²) in [6, 6.07) is 3.62. The van der Waals surface area contributed by atoms with Gasteiger partial charge in [-0.1, -0.05) is 0 Å². The molecular formula is C9H8F2N2O. The third-order valence-electron chi connectivity index (χ3n) is 1.66. The fourth-order valence-corrected chi connectivity index (χ4v) is 0.981. The standard InChI is InChI=1S/C9H8F2N2O/c1-14-13-5-7-8(10)2-6(4-12)3-9(7)11/h2-3,13H,5H2,1H3. The van der Waals surface area contributed by atoms with Crippen molar-refractivity contribution in [2.24, 2.45) is 0 Å². The molecule has 1 aromatic carbocycles. The van der Waals surface area contributed by atoms with E-state index in [4.69, 9.17) is 5.26 Å². The first-order chi connectivity index (χ1) is 6.69. The van der Waals surface area contributed by atoms with Crippen molar-refractivity contribution in [2.75, 3.05) is 7.11 Å². The van der Waals surface area contributed by atoms with Gasteiger partial charge in [-0.25, -0.2) is 8.78 Å². The highest BCUT2D eigenvalue weighted by Gasteiger charge is 2.10. The number of hydrogen-bond donors (Lipinski definition) is 1. The van der Waals surface area contributed by atoms with Crippen molar-refractivity contribution >= 4 is 0 Å². The van der Waals surface area contributed by atoms with Crippen LogP contribution in [0, 0.1) is 23.0 Å². The van der Waals surface area contributed by atoms with E-state index in [-0.39, 0.29) is 17.7 Å². The SMILES string of the molecule is CONCc1c(F)cc(C#N)cc1F. The summed E-state index contributed by atoms with van der Waals surface area (Å²) in [4.78, 5) is 4.46. The molecule has 0 atom stereocenters. The average Bonchev–Trinajstić information content (AvgIpc) is 2.16. The summed E-state index contributed by atoms with van der Waals surface area (Å²) in [5.74, 6) is -1.52. The molecule has 74 valence electrons. The molecule has 0 heterocycles. The van der Waals surface area contributed by atoms with Crippen molar-refractivity contribution in [3.63, 3.8) is 0 Å². The second kappa shape index (κ2) is 4.65. The number of hydroxylamine groups is 1. The van der Waals surface area contributed by atoms with Gasteiger partial charge in [0.1, 0.15) is 11.6 Å². The monoisotopic (exact) mass is 198 g/mol. The first-order valence-electron chi connectivity index (χ1n) is 3.83. The van der Waals surface area contributed by atoms with E-state index >= 15 is 0 Å². The van der Waals surface area contributed by atoms with Gasteiger partial charge in [-0.15, -0.1) is 0 Å². The van der Waals surface area contributed by atoms with Crippen molar-refractivity contribution in [3.05, 3.63) is 34.9 Å². The maximum atomic E-state index is 13.1. The van der Waals surface area contributed by atoms with Crippen molar-refractivity contribution in [1.29, 1.82) is 5.26 Å². The number of nitriles is 1. The Kier molecular flexibility index (Phi) is 3.51. The maximum absolute atomic E-state index is 13.1. The van der Waals surface area contributed by atoms with Crippen LogP contribution in [0.25, 0.3) is 0 Å². The Morgan fingerprint density at radius 2 is 2.00 bits per heavy atom. The van der Waals surface area contributed by atoms with E-state index in [9.17, 15) is 8.78 Å². The van der Waals surface area contributed by atoms with Gasteiger partial charge in [-0.05, 0) is 12.1 Å². The Bertz CT molecular complexity index is 351.